The molecule has 0 saturated carbocycles. The Morgan fingerprint density at radius 1 is 0.862 bits per heavy atom. The van der Waals surface area contributed by atoms with Crippen LogP contribution >= 0.6 is 0 Å². The van der Waals surface area contributed by atoms with Crippen molar-refractivity contribution in [1.82, 2.24) is 0 Å². The average molecular weight is 405 g/mol. The number of rotatable bonds is 5. The topological polar surface area (TPSA) is 87.3 Å². The molecule has 29 heavy (non-hydrogen) atoms. The van der Waals surface area contributed by atoms with Gasteiger partial charge in [0.15, 0.2) is 0 Å². The smallest absolute Gasteiger partial charge is 0.258 e. The highest BCUT2D eigenvalue weighted by Gasteiger charge is 2.28. The van der Waals surface area contributed by atoms with E-state index in [0.717, 1.165) is 23.1 Å². The molecule has 7 heteroatoms. The fourth-order valence-electron chi connectivity index (χ4n) is 3.27. The summed E-state index contributed by atoms with van der Waals surface area (Å²) in [7, 11) is -3.39. The van der Waals surface area contributed by atoms with Crippen LogP contribution in [0.5, 0.6) is 0 Å². The van der Waals surface area contributed by atoms with Crippen molar-refractivity contribution in [2.24, 2.45) is 0 Å². The van der Waals surface area contributed by atoms with Gasteiger partial charge in [0.1, 0.15) is 0 Å². The van der Waals surface area contributed by atoms with E-state index in [9.17, 15) is 13.2 Å². The van der Waals surface area contributed by atoms with Gasteiger partial charge >= 0.3 is 0 Å². The molecule has 1 aliphatic rings. The van der Waals surface area contributed by atoms with Gasteiger partial charge in [-0.1, -0.05) is 54.6 Å². The molecule has 146 valence electrons. The number of sulfonamides is 1. The number of carbonyl (C=O) groups is 1. The van der Waals surface area contributed by atoms with Crippen LogP contribution in [0.2, 0.25) is 0 Å². The maximum Gasteiger partial charge on any atom is 0.258 e. The van der Waals surface area contributed by atoms with E-state index in [2.05, 4.69) is 15.4 Å². The highest BCUT2D eigenvalue weighted by molar-refractivity contribution is 7.92. The second-order valence-corrected chi connectivity index (χ2v) is 8.44. The van der Waals surface area contributed by atoms with Crippen molar-refractivity contribution in [3.05, 3.63) is 90.0 Å². The van der Waals surface area contributed by atoms with Gasteiger partial charge in [-0.3, -0.25) is 9.52 Å². The highest BCUT2D eigenvalue weighted by atomic mass is 32.2. The van der Waals surface area contributed by atoms with Gasteiger partial charge in [0.2, 0.25) is 10.0 Å². The molecule has 3 N–H and O–H groups in total. The standard InChI is InChI=1S/C22H19N3O3S/c1-29(27,28)25-17-11-7-10-16(14-17)23-21(15-8-3-2-4-9-15)20-18-12-5-6-13-19(18)24-22(20)26/h2-14,23,25H,1H3,(H,24,26)/b21-20-. The Kier molecular flexibility index (Phi) is 4.82. The van der Waals surface area contributed by atoms with Crippen LogP contribution in [0.15, 0.2) is 78.9 Å². The fraction of sp³-hybridized carbons (Fsp3) is 0.0455. The van der Waals surface area contributed by atoms with E-state index in [-0.39, 0.29) is 5.91 Å². The first-order valence-corrected chi connectivity index (χ1v) is 10.9. The van der Waals surface area contributed by atoms with Gasteiger partial charge in [0.05, 0.1) is 23.2 Å². The van der Waals surface area contributed by atoms with Crippen LogP contribution in [0.25, 0.3) is 11.3 Å². The summed E-state index contributed by atoms with van der Waals surface area (Å²) in [6, 6.07) is 24.0. The summed E-state index contributed by atoms with van der Waals surface area (Å²) in [5.74, 6) is -0.192. The highest BCUT2D eigenvalue weighted by Crippen LogP contribution is 2.37. The lowest BCUT2D eigenvalue weighted by Crippen LogP contribution is -2.11. The number of amides is 1. The first-order chi connectivity index (χ1) is 13.9. The Balaban J connectivity index is 1.83. The number of hydrogen-bond acceptors (Lipinski definition) is 4. The van der Waals surface area contributed by atoms with Gasteiger partial charge in [-0.15, -0.1) is 0 Å². The van der Waals surface area contributed by atoms with Crippen molar-refractivity contribution in [2.45, 2.75) is 0 Å². The van der Waals surface area contributed by atoms with E-state index in [1.807, 2.05) is 60.7 Å². The van der Waals surface area contributed by atoms with Gasteiger partial charge in [-0.25, -0.2) is 8.42 Å². The number of fused-ring (bicyclic) bond motifs is 1. The van der Waals surface area contributed by atoms with Crippen molar-refractivity contribution < 1.29 is 13.2 Å². The summed E-state index contributed by atoms with van der Waals surface area (Å²) in [6.07, 6.45) is 1.10. The maximum absolute atomic E-state index is 12.8. The van der Waals surface area contributed by atoms with Gasteiger partial charge in [-0.2, -0.15) is 0 Å². The van der Waals surface area contributed by atoms with Gasteiger partial charge in [0.25, 0.3) is 5.91 Å². The van der Waals surface area contributed by atoms with E-state index in [1.165, 1.54) is 0 Å². The van der Waals surface area contributed by atoms with E-state index in [4.69, 9.17) is 0 Å². The molecule has 0 bridgehead atoms. The molecule has 1 amide bonds. The predicted octanol–water partition coefficient (Wildman–Crippen LogP) is 3.99. The second-order valence-electron chi connectivity index (χ2n) is 6.70. The minimum absolute atomic E-state index is 0.192. The van der Waals surface area contributed by atoms with Gasteiger partial charge in [-0.05, 0) is 29.8 Å². The fourth-order valence-corrected chi connectivity index (χ4v) is 3.82. The molecular weight excluding hydrogens is 386 g/mol. The Morgan fingerprint density at radius 3 is 2.31 bits per heavy atom. The minimum atomic E-state index is -3.39. The van der Waals surface area contributed by atoms with Crippen molar-refractivity contribution in [1.29, 1.82) is 0 Å². The molecule has 0 aliphatic carbocycles. The van der Waals surface area contributed by atoms with Crippen LogP contribution in [0.3, 0.4) is 0 Å². The summed E-state index contributed by atoms with van der Waals surface area (Å²) in [4.78, 5) is 12.8. The van der Waals surface area contributed by atoms with E-state index in [1.54, 1.807) is 18.2 Å². The van der Waals surface area contributed by atoms with Crippen molar-refractivity contribution in [3.8, 4) is 0 Å². The first-order valence-electron chi connectivity index (χ1n) is 8.96. The third-order valence-corrected chi connectivity index (χ3v) is 5.03. The Morgan fingerprint density at radius 2 is 1.55 bits per heavy atom. The molecule has 4 rings (SSSR count). The van der Waals surface area contributed by atoms with Crippen LogP contribution in [0.4, 0.5) is 17.1 Å². The average Bonchev–Trinajstić information content (AvgIpc) is 3.01. The van der Waals surface area contributed by atoms with Crippen LogP contribution in [0, 0.1) is 0 Å². The quantitative estimate of drug-likeness (QED) is 0.560. The number of hydrogen-bond donors (Lipinski definition) is 3. The van der Waals surface area contributed by atoms with Crippen molar-refractivity contribution in [3.63, 3.8) is 0 Å². The van der Waals surface area contributed by atoms with E-state index >= 15 is 0 Å². The molecule has 0 aromatic heterocycles. The SMILES string of the molecule is CS(=O)(=O)Nc1cccc(N/C(=C2\C(=O)Nc3ccccc32)c2ccccc2)c1. The third kappa shape index (κ3) is 4.14. The molecule has 1 aliphatic heterocycles. The summed E-state index contributed by atoms with van der Waals surface area (Å²) >= 11 is 0. The number of carbonyl (C=O) groups excluding carboxylic acids is 1. The summed E-state index contributed by atoms with van der Waals surface area (Å²) in [5.41, 5.74) is 4.69. The molecule has 1 heterocycles. The molecule has 0 atom stereocenters. The molecule has 3 aromatic rings. The first kappa shape index (κ1) is 18.8. The largest absolute Gasteiger partial charge is 0.354 e. The second kappa shape index (κ2) is 7.44. The zero-order valence-electron chi connectivity index (χ0n) is 15.6. The Bertz CT molecular complexity index is 1220. The van der Waals surface area contributed by atoms with Crippen LogP contribution in [-0.2, 0) is 14.8 Å². The lowest BCUT2D eigenvalue weighted by Gasteiger charge is -2.15. The minimum Gasteiger partial charge on any atom is -0.354 e. The van der Waals surface area contributed by atoms with Crippen molar-refractivity contribution >= 4 is 44.3 Å². The molecule has 0 radical (unpaired) electrons. The van der Waals surface area contributed by atoms with E-state index < -0.39 is 10.0 Å². The Labute approximate surface area is 169 Å². The lowest BCUT2D eigenvalue weighted by atomic mass is 10.00. The number of nitrogens with one attached hydrogen (secondary N) is 3. The van der Waals surface area contributed by atoms with E-state index in [0.29, 0.717) is 22.6 Å². The molecule has 0 fully saturated rings. The summed E-state index contributed by atoms with van der Waals surface area (Å²) in [5, 5.41) is 6.22. The zero-order valence-corrected chi connectivity index (χ0v) is 16.5. The molecule has 0 unspecified atom stereocenters. The molecule has 0 spiro atoms. The zero-order chi connectivity index (χ0) is 20.4. The number of anilines is 3. The van der Waals surface area contributed by atoms with Crippen LogP contribution in [-0.4, -0.2) is 20.6 Å². The molecule has 3 aromatic carbocycles. The molecule has 6 nitrogen and oxygen atoms in total. The normalized spacial score (nSPS) is 14.7. The van der Waals surface area contributed by atoms with Gasteiger partial charge in [0, 0.05) is 16.9 Å². The maximum atomic E-state index is 12.8. The number of benzene rings is 3. The monoisotopic (exact) mass is 405 g/mol. The van der Waals surface area contributed by atoms with Crippen molar-refractivity contribution in [2.75, 3.05) is 21.6 Å². The number of para-hydroxylation sites is 1. The summed E-state index contributed by atoms with van der Waals surface area (Å²) < 4.78 is 25.6. The van der Waals surface area contributed by atoms with Crippen LogP contribution in [0.1, 0.15) is 11.1 Å². The summed E-state index contributed by atoms with van der Waals surface area (Å²) in [6.45, 7) is 0. The molecular formula is C22H19N3O3S. The third-order valence-electron chi connectivity index (χ3n) is 4.42. The predicted molar refractivity (Wildman–Crippen MR) is 117 cm³/mol. The van der Waals surface area contributed by atoms with Gasteiger partial charge < -0.3 is 10.6 Å². The lowest BCUT2D eigenvalue weighted by molar-refractivity contribution is -0.110. The van der Waals surface area contributed by atoms with Crippen LogP contribution < -0.4 is 15.4 Å². The Hall–Kier alpha value is -3.58. The molecule has 0 saturated heterocycles.